The highest BCUT2D eigenvalue weighted by molar-refractivity contribution is 5.88. The Morgan fingerprint density at radius 3 is 2.82 bits per heavy atom. The first-order chi connectivity index (χ1) is 5.18. The van der Waals surface area contributed by atoms with Crippen LogP contribution in [0.15, 0.2) is 12.2 Å². The van der Waals surface area contributed by atoms with Gasteiger partial charge in [0.25, 0.3) is 6.54 Å². The number of hydrogen-bond donors (Lipinski definition) is 0. The third-order valence-corrected chi connectivity index (χ3v) is 1.08. The molecule has 0 amide bonds. The molecule has 0 spiro atoms. The molecule has 0 atom stereocenters. The van der Waals surface area contributed by atoms with Crippen LogP contribution in [0.1, 0.15) is 19.8 Å². The van der Waals surface area contributed by atoms with Gasteiger partial charge in [0, 0.05) is 6.42 Å². The van der Waals surface area contributed by atoms with Crippen molar-refractivity contribution < 1.29 is 9.90 Å². The topological polar surface area (TPSA) is 44.5 Å². The molecule has 0 aliphatic heterocycles. The minimum absolute atomic E-state index is 0.193. The van der Waals surface area contributed by atoms with Crippen LogP contribution >= 0.6 is 0 Å². The highest BCUT2D eigenvalue weighted by atomic mass is 16.4. The Kier molecular flexibility index (Phi) is 4.83. The quantitative estimate of drug-likeness (QED) is 0.335. The van der Waals surface area contributed by atoms with Gasteiger partial charge in [0.1, 0.15) is 5.57 Å². The summed E-state index contributed by atoms with van der Waals surface area (Å²) in [5, 5.41) is 10.0. The van der Waals surface area contributed by atoms with E-state index in [1.54, 1.807) is 0 Å². The van der Waals surface area contributed by atoms with Gasteiger partial charge in [-0.1, -0.05) is 18.3 Å². The second kappa shape index (κ2) is 5.48. The van der Waals surface area contributed by atoms with E-state index in [0.717, 1.165) is 12.8 Å². The molecule has 11 heavy (non-hydrogen) atoms. The summed E-state index contributed by atoms with van der Waals surface area (Å²) in [4.78, 5) is 13.7. The first-order valence-corrected chi connectivity index (χ1v) is 3.51. The summed E-state index contributed by atoms with van der Waals surface area (Å²) in [6.45, 7) is 5.82. The van der Waals surface area contributed by atoms with Crippen LogP contribution in [-0.4, -0.2) is 12.5 Å². The Balaban J connectivity index is 3.69. The predicted molar refractivity (Wildman–Crippen MR) is 41.2 cm³/mol. The molecule has 0 aromatic rings. The van der Waals surface area contributed by atoms with Crippen molar-refractivity contribution in [2.24, 2.45) is 0 Å². The number of nitrogens with zero attached hydrogens (tertiary/aromatic N) is 1. The highest BCUT2D eigenvalue weighted by Gasteiger charge is 1.95. The zero-order valence-electron chi connectivity index (χ0n) is 6.59. The van der Waals surface area contributed by atoms with Crippen molar-refractivity contribution in [1.82, 2.24) is 0 Å². The van der Waals surface area contributed by atoms with Crippen LogP contribution in [0, 0.1) is 6.07 Å². The van der Waals surface area contributed by atoms with E-state index in [2.05, 4.69) is 17.5 Å². The van der Waals surface area contributed by atoms with Crippen molar-refractivity contribution in [1.29, 1.82) is 0 Å². The summed E-state index contributed by atoms with van der Waals surface area (Å²) in [6, 6.07) is 2.29. The first-order valence-electron chi connectivity index (χ1n) is 3.51. The van der Waals surface area contributed by atoms with Crippen molar-refractivity contribution in [3.8, 4) is 6.07 Å². The van der Waals surface area contributed by atoms with E-state index in [0.29, 0.717) is 6.54 Å². The SMILES string of the molecule is C=C(C#[N+]CCCC)C(=O)[O-]. The summed E-state index contributed by atoms with van der Waals surface area (Å²) in [7, 11) is 0. The summed E-state index contributed by atoms with van der Waals surface area (Å²) in [6.07, 6.45) is 1.97. The van der Waals surface area contributed by atoms with Gasteiger partial charge in [-0.15, -0.1) is 0 Å². The molecule has 0 N–H and O–H groups in total. The molecular formula is C8H11NO2. The predicted octanol–water partition coefficient (Wildman–Crippen LogP) is 0.425. The van der Waals surface area contributed by atoms with Crippen LogP contribution in [0.2, 0.25) is 0 Å². The van der Waals surface area contributed by atoms with Crippen LogP contribution < -0.4 is 5.11 Å². The molecule has 0 radical (unpaired) electrons. The molecule has 0 unspecified atom stereocenters. The Labute approximate surface area is 66.2 Å². The maximum absolute atomic E-state index is 10.0. The van der Waals surface area contributed by atoms with Crippen molar-refractivity contribution in [2.75, 3.05) is 6.54 Å². The molecule has 0 aliphatic rings. The van der Waals surface area contributed by atoms with E-state index in [4.69, 9.17) is 0 Å². The lowest BCUT2D eigenvalue weighted by molar-refractivity contribution is -0.298. The second-order valence-electron chi connectivity index (χ2n) is 2.11. The number of carboxylic acids is 1. The Bertz CT molecular complexity index is 210. The minimum atomic E-state index is -1.31. The lowest BCUT2D eigenvalue weighted by Gasteiger charge is -1.88. The lowest BCUT2D eigenvalue weighted by atomic mass is 10.3. The van der Waals surface area contributed by atoms with Gasteiger partial charge >= 0.3 is 6.07 Å². The minimum Gasteiger partial charge on any atom is -0.544 e. The zero-order valence-corrected chi connectivity index (χ0v) is 6.59. The van der Waals surface area contributed by atoms with Crippen LogP contribution in [0.3, 0.4) is 0 Å². The molecule has 0 fully saturated rings. The molecule has 0 rings (SSSR count). The normalized spacial score (nSPS) is 8.09. The van der Waals surface area contributed by atoms with Crippen LogP contribution in [-0.2, 0) is 4.79 Å². The maximum Gasteiger partial charge on any atom is 0.312 e. The molecular weight excluding hydrogens is 142 g/mol. The Hall–Kier alpha value is -1.30. The Morgan fingerprint density at radius 1 is 1.73 bits per heavy atom. The zero-order chi connectivity index (χ0) is 8.69. The third-order valence-electron chi connectivity index (χ3n) is 1.08. The van der Waals surface area contributed by atoms with Gasteiger partial charge in [-0.05, 0) is 6.42 Å². The van der Waals surface area contributed by atoms with Crippen molar-refractivity contribution >= 4 is 5.97 Å². The van der Waals surface area contributed by atoms with E-state index in [9.17, 15) is 9.90 Å². The highest BCUT2D eigenvalue weighted by Crippen LogP contribution is 1.89. The van der Waals surface area contributed by atoms with E-state index in [1.165, 1.54) is 0 Å². The summed E-state index contributed by atoms with van der Waals surface area (Å²) in [5.41, 5.74) is -0.193. The number of unbranched alkanes of at least 4 members (excludes halogenated alkanes) is 1. The van der Waals surface area contributed by atoms with Crippen molar-refractivity contribution in [3.05, 3.63) is 17.0 Å². The molecule has 0 saturated heterocycles. The van der Waals surface area contributed by atoms with E-state index in [1.807, 2.05) is 6.92 Å². The molecule has 0 aromatic carbocycles. The van der Waals surface area contributed by atoms with Gasteiger partial charge in [-0.2, -0.15) is 0 Å². The fourth-order valence-corrected chi connectivity index (χ4v) is 0.434. The second-order valence-corrected chi connectivity index (χ2v) is 2.11. The summed E-state index contributed by atoms with van der Waals surface area (Å²) in [5.74, 6) is -1.31. The van der Waals surface area contributed by atoms with Crippen molar-refractivity contribution in [2.45, 2.75) is 19.8 Å². The van der Waals surface area contributed by atoms with Gasteiger partial charge in [-0.25, -0.2) is 0 Å². The number of rotatable bonds is 3. The van der Waals surface area contributed by atoms with Gasteiger partial charge < -0.3 is 9.90 Å². The van der Waals surface area contributed by atoms with Crippen LogP contribution in [0.5, 0.6) is 0 Å². The number of hydrogen-bond acceptors (Lipinski definition) is 2. The van der Waals surface area contributed by atoms with Crippen molar-refractivity contribution in [3.63, 3.8) is 0 Å². The molecule has 0 bridgehead atoms. The average molecular weight is 153 g/mol. The molecule has 0 aliphatic carbocycles. The Morgan fingerprint density at radius 2 is 2.36 bits per heavy atom. The fourth-order valence-electron chi connectivity index (χ4n) is 0.434. The van der Waals surface area contributed by atoms with E-state index < -0.39 is 5.97 Å². The molecule has 0 aromatic heterocycles. The average Bonchev–Trinajstić information content (AvgIpc) is 1.97. The standard InChI is InChI=1S/C8H11NO2/c1-3-4-5-9-6-7(2)8(10)11/h2-5H2,1H3. The van der Waals surface area contributed by atoms with Gasteiger partial charge in [0.05, 0.1) is 5.97 Å². The first kappa shape index (κ1) is 9.70. The number of carbonyl (C=O) groups excluding carboxylic acids is 1. The van der Waals surface area contributed by atoms with Crippen LogP contribution in [0.4, 0.5) is 0 Å². The molecule has 60 valence electrons. The molecule has 0 heterocycles. The van der Waals surface area contributed by atoms with Crippen LogP contribution in [0.25, 0.3) is 4.85 Å². The number of carboxylic acid groups (broad SMARTS) is 1. The van der Waals surface area contributed by atoms with Gasteiger partial charge in [0.15, 0.2) is 0 Å². The largest absolute Gasteiger partial charge is 0.544 e. The fraction of sp³-hybridized carbons (Fsp3) is 0.500. The van der Waals surface area contributed by atoms with Gasteiger partial charge in [-0.3, -0.25) is 0 Å². The molecule has 3 nitrogen and oxygen atoms in total. The van der Waals surface area contributed by atoms with E-state index >= 15 is 0 Å². The summed E-state index contributed by atoms with van der Waals surface area (Å²) >= 11 is 0. The third kappa shape index (κ3) is 5.16. The maximum atomic E-state index is 10.0. The van der Waals surface area contributed by atoms with E-state index in [-0.39, 0.29) is 5.57 Å². The van der Waals surface area contributed by atoms with Gasteiger partial charge in [0.2, 0.25) is 0 Å². The summed E-state index contributed by atoms with van der Waals surface area (Å²) < 4.78 is 0. The molecule has 3 heteroatoms. The molecule has 0 saturated carbocycles. The number of carbonyl (C=O) groups is 1. The number of aliphatic carboxylic acids is 1. The monoisotopic (exact) mass is 153 g/mol. The smallest absolute Gasteiger partial charge is 0.312 e. The lowest BCUT2D eigenvalue weighted by Crippen LogP contribution is -2.22.